The molecule has 0 saturated carbocycles. The molecule has 0 aliphatic rings. The van der Waals surface area contributed by atoms with Gasteiger partial charge in [-0.2, -0.15) is 0 Å². The van der Waals surface area contributed by atoms with Gasteiger partial charge in [-0.1, -0.05) is 283 Å². The second kappa shape index (κ2) is 53.2. The van der Waals surface area contributed by atoms with Gasteiger partial charge in [-0.05, 0) is 32.1 Å². The monoisotopic (exact) mass is 890 g/mol. The van der Waals surface area contributed by atoms with Crippen LogP contribution >= 0.6 is 0 Å². The molecule has 0 saturated heterocycles. The van der Waals surface area contributed by atoms with Crippen LogP contribution in [0, 0.1) is 0 Å². The lowest BCUT2D eigenvalue weighted by atomic mass is 10.0. The number of nitrogens with one attached hydrogen (secondary N) is 1. The third kappa shape index (κ3) is 49.9. The van der Waals surface area contributed by atoms with Gasteiger partial charge in [-0.25, -0.2) is 0 Å². The molecule has 374 valence electrons. The molecule has 0 aliphatic carbocycles. The van der Waals surface area contributed by atoms with E-state index in [9.17, 15) is 19.8 Å². The van der Waals surface area contributed by atoms with E-state index in [0.29, 0.717) is 19.4 Å². The van der Waals surface area contributed by atoms with Crippen LogP contribution < -0.4 is 5.32 Å². The molecule has 0 aromatic heterocycles. The molecule has 0 fully saturated rings. The van der Waals surface area contributed by atoms with Crippen molar-refractivity contribution < 1.29 is 24.5 Å². The fourth-order valence-corrected chi connectivity index (χ4v) is 8.93. The second-order valence-corrected chi connectivity index (χ2v) is 19.6. The summed E-state index contributed by atoms with van der Waals surface area (Å²) < 4.78 is 5.47. The van der Waals surface area contributed by atoms with Gasteiger partial charge in [0, 0.05) is 12.8 Å². The number of allylic oxidation sites excluding steroid dienone is 1. The van der Waals surface area contributed by atoms with E-state index in [1.165, 1.54) is 250 Å². The molecule has 6 heteroatoms. The number of rotatable bonds is 53. The Morgan fingerprint density at radius 3 is 1.08 bits per heavy atom. The van der Waals surface area contributed by atoms with E-state index in [2.05, 4.69) is 19.2 Å². The zero-order valence-electron chi connectivity index (χ0n) is 42.6. The molecule has 2 atom stereocenters. The Hall–Kier alpha value is -1.40. The molecule has 0 aromatic rings. The van der Waals surface area contributed by atoms with Crippen molar-refractivity contribution in [2.45, 2.75) is 328 Å². The van der Waals surface area contributed by atoms with Crippen LogP contribution in [0.5, 0.6) is 0 Å². The molecule has 3 N–H and O–H groups in total. The Balaban J connectivity index is 3.40. The van der Waals surface area contributed by atoms with E-state index >= 15 is 0 Å². The van der Waals surface area contributed by atoms with Crippen molar-refractivity contribution in [3.63, 3.8) is 0 Å². The van der Waals surface area contributed by atoms with Crippen LogP contribution in [0.4, 0.5) is 0 Å². The lowest BCUT2D eigenvalue weighted by molar-refractivity contribution is -0.143. The predicted molar refractivity (Wildman–Crippen MR) is 273 cm³/mol. The molecular formula is C57H111NO5. The minimum Gasteiger partial charge on any atom is -0.466 e. The average molecular weight is 891 g/mol. The van der Waals surface area contributed by atoms with Crippen molar-refractivity contribution in [2.24, 2.45) is 0 Å². The van der Waals surface area contributed by atoms with Gasteiger partial charge in [-0.3, -0.25) is 9.59 Å². The van der Waals surface area contributed by atoms with E-state index in [4.69, 9.17) is 4.74 Å². The summed E-state index contributed by atoms with van der Waals surface area (Å²) in [6.07, 6.45) is 62.3. The van der Waals surface area contributed by atoms with Crippen molar-refractivity contribution in [2.75, 3.05) is 13.2 Å². The minimum atomic E-state index is -0.844. The van der Waals surface area contributed by atoms with Crippen LogP contribution in [0.2, 0.25) is 0 Å². The number of carbonyl (C=O) groups excluding carboxylic acids is 2. The third-order valence-electron chi connectivity index (χ3n) is 13.3. The number of esters is 1. The first-order chi connectivity index (χ1) is 31.0. The first kappa shape index (κ1) is 61.6. The molecule has 1 amide bonds. The van der Waals surface area contributed by atoms with Crippen molar-refractivity contribution >= 4 is 11.9 Å². The smallest absolute Gasteiger partial charge is 0.305 e. The minimum absolute atomic E-state index is 0.0117. The van der Waals surface area contributed by atoms with E-state index in [1.54, 1.807) is 6.08 Å². The standard InChI is InChI=1S/C57H111NO5/c1-3-5-7-9-11-13-15-25-29-33-37-41-45-49-55(60)54(53-59)58-56(61)50-46-42-38-34-30-27-23-21-19-17-18-20-22-24-28-32-36-40-44-48-52-63-57(62)51-47-43-39-35-31-26-16-14-12-10-8-6-4-2/h45,49,54-55,59-60H,3-44,46-48,50-53H2,1-2H3,(H,58,61)/b49-45+. The molecule has 0 radical (unpaired) electrons. The highest BCUT2D eigenvalue weighted by molar-refractivity contribution is 5.76. The third-order valence-corrected chi connectivity index (χ3v) is 13.3. The fraction of sp³-hybridized carbons (Fsp3) is 0.930. The molecule has 0 bridgehead atoms. The Kier molecular flexibility index (Phi) is 52.0. The highest BCUT2D eigenvalue weighted by Crippen LogP contribution is 2.17. The van der Waals surface area contributed by atoms with Crippen molar-refractivity contribution in [3.8, 4) is 0 Å². The highest BCUT2D eigenvalue weighted by atomic mass is 16.5. The maximum Gasteiger partial charge on any atom is 0.305 e. The molecule has 63 heavy (non-hydrogen) atoms. The van der Waals surface area contributed by atoms with Gasteiger partial charge < -0.3 is 20.3 Å². The Morgan fingerprint density at radius 2 is 0.730 bits per heavy atom. The number of hydrogen-bond donors (Lipinski definition) is 3. The molecule has 0 rings (SSSR count). The van der Waals surface area contributed by atoms with E-state index < -0.39 is 12.1 Å². The summed E-state index contributed by atoms with van der Waals surface area (Å²) in [6, 6.07) is -0.627. The van der Waals surface area contributed by atoms with Gasteiger partial charge in [0.05, 0.1) is 25.4 Å². The fourth-order valence-electron chi connectivity index (χ4n) is 8.93. The molecule has 0 spiro atoms. The Morgan fingerprint density at radius 1 is 0.429 bits per heavy atom. The predicted octanol–water partition coefficient (Wildman–Crippen LogP) is 17.3. The van der Waals surface area contributed by atoms with E-state index in [-0.39, 0.29) is 18.5 Å². The number of carbonyl (C=O) groups is 2. The summed E-state index contributed by atoms with van der Waals surface area (Å²) in [5.74, 6) is -0.0572. The Labute approximate surface area is 393 Å². The lowest BCUT2D eigenvalue weighted by Gasteiger charge is -2.20. The van der Waals surface area contributed by atoms with Crippen molar-refractivity contribution in [1.82, 2.24) is 5.32 Å². The SMILES string of the molecule is CCCCCCCCCCCCC/C=C/C(O)C(CO)NC(=O)CCCCCCCCCCCCCCCCCCCCCCOC(=O)CCCCCCCCCCCCCCC. The highest BCUT2D eigenvalue weighted by Gasteiger charge is 2.18. The molecule has 6 nitrogen and oxygen atoms in total. The summed E-state index contributed by atoms with van der Waals surface area (Å²) in [5, 5.41) is 23.1. The summed E-state index contributed by atoms with van der Waals surface area (Å²) in [6.45, 7) is 4.91. The molecule has 2 unspecified atom stereocenters. The van der Waals surface area contributed by atoms with E-state index in [1.807, 2.05) is 6.08 Å². The average Bonchev–Trinajstić information content (AvgIpc) is 3.28. The van der Waals surface area contributed by atoms with Crippen molar-refractivity contribution in [1.29, 1.82) is 0 Å². The maximum absolute atomic E-state index is 12.4. The van der Waals surface area contributed by atoms with Crippen LogP contribution in [0.25, 0.3) is 0 Å². The summed E-state index contributed by atoms with van der Waals surface area (Å²) >= 11 is 0. The second-order valence-electron chi connectivity index (χ2n) is 19.6. The zero-order chi connectivity index (χ0) is 45.8. The maximum atomic E-state index is 12.4. The number of amides is 1. The van der Waals surface area contributed by atoms with E-state index in [0.717, 1.165) is 38.5 Å². The lowest BCUT2D eigenvalue weighted by Crippen LogP contribution is -2.45. The van der Waals surface area contributed by atoms with Gasteiger partial charge in [-0.15, -0.1) is 0 Å². The van der Waals surface area contributed by atoms with Gasteiger partial charge in [0.2, 0.25) is 5.91 Å². The van der Waals surface area contributed by atoms with Gasteiger partial charge >= 0.3 is 5.97 Å². The van der Waals surface area contributed by atoms with Crippen LogP contribution in [0.15, 0.2) is 12.2 Å². The van der Waals surface area contributed by atoms with Crippen LogP contribution in [-0.2, 0) is 14.3 Å². The number of hydrogen-bond acceptors (Lipinski definition) is 5. The van der Waals surface area contributed by atoms with Crippen LogP contribution in [0.3, 0.4) is 0 Å². The number of aliphatic hydroxyl groups is 2. The number of unbranched alkanes of at least 4 members (excludes halogenated alkanes) is 42. The summed E-state index contributed by atoms with van der Waals surface area (Å²) in [5.41, 5.74) is 0. The molecular weight excluding hydrogens is 779 g/mol. The number of aliphatic hydroxyl groups excluding tert-OH is 2. The normalized spacial score (nSPS) is 12.6. The quantitative estimate of drug-likeness (QED) is 0.0321. The summed E-state index contributed by atoms with van der Waals surface area (Å²) in [4.78, 5) is 24.5. The molecule has 0 heterocycles. The van der Waals surface area contributed by atoms with Crippen LogP contribution in [-0.4, -0.2) is 47.4 Å². The van der Waals surface area contributed by atoms with Gasteiger partial charge in [0.1, 0.15) is 0 Å². The zero-order valence-corrected chi connectivity index (χ0v) is 42.6. The Bertz CT molecular complexity index is 939. The van der Waals surface area contributed by atoms with Crippen LogP contribution in [0.1, 0.15) is 316 Å². The van der Waals surface area contributed by atoms with Gasteiger partial charge in [0.15, 0.2) is 0 Å². The van der Waals surface area contributed by atoms with Crippen molar-refractivity contribution in [3.05, 3.63) is 12.2 Å². The topological polar surface area (TPSA) is 95.9 Å². The first-order valence-corrected chi connectivity index (χ1v) is 28.5. The van der Waals surface area contributed by atoms with Gasteiger partial charge in [0.25, 0.3) is 0 Å². The molecule has 0 aliphatic heterocycles. The first-order valence-electron chi connectivity index (χ1n) is 28.5. The number of ether oxygens (including phenoxy) is 1. The summed E-state index contributed by atoms with van der Waals surface area (Å²) in [7, 11) is 0. The molecule has 0 aromatic carbocycles. The largest absolute Gasteiger partial charge is 0.466 e.